The van der Waals surface area contributed by atoms with E-state index in [1.165, 1.54) is 46.1 Å². The van der Waals surface area contributed by atoms with Crippen molar-refractivity contribution in [2.45, 2.75) is 12.9 Å². The van der Waals surface area contributed by atoms with E-state index in [0.29, 0.717) is 27.9 Å². The molecule has 0 N–H and O–H groups in total. The molecule has 1 aliphatic heterocycles. The van der Waals surface area contributed by atoms with Gasteiger partial charge >= 0.3 is 0 Å². The highest BCUT2D eigenvalue weighted by atomic mass is 19.3. The molecule has 0 spiro atoms. The molecule has 0 aliphatic carbocycles. The summed E-state index contributed by atoms with van der Waals surface area (Å²) in [5, 5.41) is 6.61. The molecule has 0 aromatic carbocycles. The minimum Gasteiger partial charge on any atom is -0.472 e. The second kappa shape index (κ2) is 8.85. The molecule has 7 nitrogen and oxygen atoms in total. The number of nitrogens with zero attached hydrogens (tertiary/aromatic N) is 5. The van der Waals surface area contributed by atoms with Gasteiger partial charge in [0, 0.05) is 42.7 Å². The molecule has 33 heavy (non-hydrogen) atoms. The molecule has 0 fully saturated rings. The average Bonchev–Trinajstić information content (AvgIpc) is 2.79. The highest BCUT2D eigenvalue weighted by Crippen LogP contribution is 2.28. The number of anilines is 1. The van der Waals surface area contributed by atoms with Crippen LogP contribution in [0.15, 0.2) is 71.0 Å². The Balaban J connectivity index is 1.91. The van der Waals surface area contributed by atoms with Crippen LogP contribution in [-0.4, -0.2) is 27.6 Å². The molecule has 0 unspecified atom stereocenters. The Kier molecular flexibility index (Phi) is 5.95. The van der Waals surface area contributed by atoms with Crippen molar-refractivity contribution >= 4 is 11.3 Å². The first-order chi connectivity index (χ1) is 15.7. The van der Waals surface area contributed by atoms with E-state index in [9.17, 15) is 22.4 Å². The smallest absolute Gasteiger partial charge is 0.280 e. The van der Waals surface area contributed by atoms with Crippen LogP contribution in [-0.2, 0) is 7.05 Å². The average molecular weight is 459 g/mol. The number of alkyl halides is 4. The van der Waals surface area contributed by atoms with E-state index in [4.69, 9.17) is 4.74 Å². The van der Waals surface area contributed by atoms with Crippen molar-refractivity contribution in [3.05, 3.63) is 93.4 Å². The molecule has 0 atom stereocenters. The molecule has 0 bridgehead atoms. The number of aromatic nitrogens is 3. The largest absolute Gasteiger partial charge is 0.472 e. The minimum absolute atomic E-state index is 0.0535. The van der Waals surface area contributed by atoms with Crippen molar-refractivity contribution in [2.75, 3.05) is 11.6 Å². The third-order valence-electron chi connectivity index (χ3n) is 4.81. The van der Waals surface area contributed by atoms with E-state index >= 15 is 0 Å². The molecule has 4 heterocycles. The maximum absolute atomic E-state index is 13.0. The van der Waals surface area contributed by atoms with E-state index in [2.05, 4.69) is 21.6 Å². The van der Waals surface area contributed by atoms with Gasteiger partial charge in [-0.15, -0.1) is 0 Å². The van der Waals surface area contributed by atoms with Gasteiger partial charge in [0.05, 0.1) is 11.4 Å². The zero-order valence-electron chi connectivity index (χ0n) is 17.3. The minimum atomic E-state index is -2.74. The lowest BCUT2D eigenvalue weighted by Gasteiger charge is -2.26. The zero-order valence-corrected chi connectivity index (χ0v) is 17.3. The van der Waals surface area contributed by atoms with Crippen molar-refractivity contribution < 1.29 is 22.3 Å². The van der Waals surface area contributed by atoms with Crippen LogP contribution in [0.3, 0.4) is 0 Å². The molecule has 0 saturated heterocycles. The Labute approximate surface area is 184 Å². The van der Waals surface area contributed by atoms with Gasteiger partial charge < -0.3 is 9.30 Å². The molecule has 1 aliphatic rings. The highest BCUT2D eigenvalue weighted by molar-refractivity contribution is 5.82. The fourth-order valence-electron chi connectivity index (χ4n) is 3.24. The first-order valence-corrected chi connectivity index (χ1v) is 9.66. The number of hydrogen-bond donors (Lipinski definition) is 0. The van der Waals surface area contributed by atoms with Crippen LogP contribution < -0.4 is 26.0 Å². The predicted molar refractivity (Wildman–Crippen MR) is 112 cm³/mol. The molecule has 4 rings (SSSR count). The van der Waals surface area contributed by atoms with Gasteiger partial charge in [-0.2, -0.15) is 5.10 Å². The summed E-state index contributed by atoms with van der Waals surface area (Å²) in [6.07, 6.45) is -2.61. The molecule has 3 aromatic rings. The van der Waals surface area contributed by atoms with Crippen molar-refractivity contribution in [1.82, 2.24) is 14.5 Å². The number of ether oxygens (including phenoxy) is 1. The van der Waals surface area contributed by atoms with Gasteiger partial charge in [0.25, 0.3) is 12.9 Å². The Morgan fingerprint density at radius 1 is 1.09 bits per heavy atom. The summed E-state index contributed by atoms with van der Waals surface area (Å²) < 4.78 is 57.5. The summed E-state index contributed by atoms with van der Waals surface area (Å²) >= 11 is 0. The standard InChI is InChI=1S/C22H17F4N5O2/c1-12-20(13-3-5-16(22(25)26)27-9-13)21-15(6-7-18(28-21)33-11-17(23)24)29-31(12)14-4-8-19(32)30(2)10-14/h3-10,17,22H,1,11H2,2H3. The second-order valence-electron chi connectivity index (χ2n) is 7.06. The molecule has 170 valence electrons. The van der Waals surface area contributed by atoms with E-state index in [1.807, 2.05) is 0 Å². The van der Waals surface area contributed by atoms with Gasteiger partial charge in [-0.1, -0.05) is 12.6 Å². The van der Waals surface area contributed by atoms with Gasteiger partial charge in [-0.05, 0) is 18.2 Å². The zero-order chi connectivity index (χ0) is 23.7. The fraction of sp³-hybridized carbons (Fsp3) is 0.182. The van der Waals surface area contributed by atoms with Crippen LogP contribution in [0.2, 0.25) is 0 Å². The van der Waals surface area contributed by atoms with E-state index in [-0.39, 0.29) is 16.8 Å². The SMILES string of the molecule is C=C1C(c2ccc(C(F)F)nc2)=c2nc(OCC(F)F)ccc2=NN1c1ccc(=O)n(C)c1. The highest BCUT2D eigenvalue weighted by Gasteiger charge is 2.23. The summed E-state index contributed by atoms with van der Waals surface area (Å²) in [6.45, 7) is 3.23. The molecular weight excluding hydrogens is 442 g/mol. The number of halogens is 4. The first-order valence-electron chi connectivity index (χ1n) is 9.66. The maximum Gasteiger partial charge on any atom is 0.280 e. The lowest BCUT2D eigenvalue weighted by molar-refractivity contribution is 0.0794. The molecule has 0 saturated carbocycles. The maximum atomic E-state index is 13.0. The van der Waals surface area contributed by atoms with Crippen LogP contribution >= 0.6 is 0 Å². The van der Waals surface area contributed by atoms with Crippen LogP contribution in [0, 0.1) is 0 Å². The number of hydrogen-bond acceptors (Lipinski definition) is 6. The van der Waals surface area contributed by atoms with Crippen LogP contribution in [0.4, 0.5) is 23.2 Å². The lowest BCUT2D eigenvalue weighted by atomic mass is 10.0. The van der Waals surface area contributed by atoms with Gasteiger partial charge in [0.15, 0.2) is 6.61 Å². The first kappa shape index (κ1) is 22.2. The molecule has 0 radical (unpaired) electrons. The third-order valence-corrected chi connectivity index (χ3v) is 4.81. The van der Waals surface area contributed by atoms with Crippen LogP contribution in [0.1, 0.15) is 17.7 Å². The number of rotatable bonds is 6. The Hall–Kier alpha value is -4.02. The van der Waals surface area contributed by atoms with Gasteiger partial charge in [-0.3, -0.25) is 9.78 Å². The molecule has 0 amide bonds. The topological polar surface area (TPSA) is 72.6 Å². The molecule has 3 aromatic heterocycles. The Bertz CT molecular complexity index is 1390. The fourth-order valence-corrected chi connectivity index (χ4v) is 3.24. The molecular formula is C22H17F4N5O2. The molecule has 11 heteroatoms. The Morgan fingerprint density at radius 3 is 2.52 bits per heavy atom. The van der Waals surface area contributed by atoms with Crippen LogP contribution in [0.25, 0.3) is 5.57 Å². The number of fused-ring (bicyclic) bond motifs is 1. The summed E-state index contributed by atoms with van der Waals surface area (Å²) in [6, 6.07) is 8.48. The van der Waals surface area contributed by atoms with Gasteiger partial charge in [0.2, 0.25) is 11.4 Å². The van der Waals surface area contributed by atoms with E-state index in [1.54, 1.807) is 19.3 Å². The summed E-state index contributed by atoms with van der Waals surface area (Å²) in [5.74, 6) is -0.0535. The van der Waals surface area contributed by atoms with Crippen molar-refractivity contribution in [3.63, 3.8) is 0 Å². The number of aryl methyl sites for hydroxylation is 1. The summed E-state index contributed by atoms with van der Waals surface area (Å²) in [4.78, 5) is 19.9. The summed E-state index contributed by atoms with van der Waals surface area (Å²) in [5.41, 5.74) is 1.01. The second-order valence-corrected chi connectivity index (χ2v) is 7.06. The van der Waals surface area contributed by atoms with Gasteiger partial charge in [-0.25, -0.2) is 27.6 Å². The van der Waals surface area contributed by atoms with Crippen LogP contribution in [0.5, 0.6) is 5.88 Å². The normalized spacial score (nSPS) is 13.4. The van der Waals surface area contributed by atoms with Crippen molar-refractivity contribution in [1.29, 1.82) is 0 Å². The monoisotopic (exact) mass is 459 g/mol. The quantitative estimate of drug-likeness (QED) is 0.530. The van der Waals surface area contributed by atoms with E-state index in [0.717, 1.165) is 0 Å². The lowest BCUT2D eigenvalue weighted by Crippen LogP contribution is -2.40. The van der Waals surface area contributed by atoms with E-state index < -0.39 is 25.2 Å². The van der Waals surface area contributed by atoms with Gasteiger partial charge in [0.1, 0.15) is 16.4 Å². The van der Waals surface area contributed by atoms with Crippen molar-refractivity contribution in [3.8, 4) is 5.88 Å². The number of allylic oxidation sites excluding steroid dienone is 1. The Morgan fingerprint density at radius 2 is 1.88 bits per heavy atom. The summed E-state index contributed by atoms with van der Waals surface area (Å²) in [7, 11) is 1.58. The van der Waals surface area contributed by atoms with Crippen molar-refractivity contribution in [2.24, 2.45) is 12.1 Å². The predicted octanol–water partition coefficient (Wildman–Crippen LogP) is 2.52. The number of pyridine rings is 3. The third kappa shape index (κ3) is 4.47.